The van der Waals surface area contributed by atoms with Gasteiger partial charge in [-0.25, -0.2) is 0 Å². The molecule has 1 aliphatic heterocycles. The summed E-state index contributed by atoms with van der Waals surface area (Å²) in [6, 6.07) is -0.483. The lowest BCUT2D eigenvalue weighted by molar-refractivity contribution is -0.130. The molecular weight excluding hydrogens is 208 g/mol. The molecule has 1 aliphatic rings. The van der Waals surface area contributed by atoms with Gasteiger partial charge in [-0.3, -0.25) is 9.59 Å². The summed E-state index contributed by atoms with van der Waals surface area (Å²) in [7, 11) is 0. The molecule has 0 aromatic heterocycles. The molecule has 1 fully saturated rings. The highest BCUT2D eigenvalue weighted by Crippen LogP contribution is 2.29. The number of nitrogens with one attached hydrogen (secondary N) is 1. The molecule has 0 saturated carbocycles. The van der Waals surface area contributed by atoms with Crippen LogP contribution in [0.2, 0.25) is 0 Å². The highest BCUT2D eigenvalue weighted by Gasteiger charge is 2.49. The number of hydrogen-bond acceptors (Lipinski definition) is 4. The van der Waals surface area contributed by atoms with Crippen LogP contribution in [0.15, 0.2) is 0 Å². The lowest BCUT2D eigenvalue weighted by atomic mass is 9.93. The fourth-order valence-electron chi connectivity index (χ4n) is 1.58. The van der Waals surface area contributed by atoms with E-state index in [0.29, 0.717) is 18.9 Å². The molecule has 0 aliphatic carbocycles. The molecule has 92 valence electrons. The minimum Gasteiger partial charge on any atom is -0.361 e. The van der Waals surface area contributed by atoms with Gasteiger partial charge in [-0.1, -0.05) is 13.8 Å². The van der Waals surface area contributed by atoms with E-state index in [-0.39, 0.29) is 18.2 Å². The van der Waals surface area contributed by atoms with Crippen LogP contribution in [0.4, 0.5) is 0 Å². The summed E-state index contributed by atoms with van der Waals surface area (Å²) in [4.78, 5) is 23.3. The lowest BCUT2D eigenvalue weighted by Gasteiger charge is -2.20. The second kappa shape index (κ2) is 4.93. The van der Waals surface area contributed by atoms with E-state index in [0.717, 1.165) is 0 Å². The van der Waals surface area contributed by atoms with Crippen molar-refractivity contribution < 1.29 is 14.3 Å². The second-order valence-corrected chi connectivity index (χ2v) is 4.84. The predicted octanol–water partition coefficient (Wildman–Crippen LogP) is -0.166. The second-order valence-electron chi connectivity index (χ2n) is 4.84. The number of carbonyl (C=O) groups is 2. The molecule has 5 nitrogen and oxygen atoms in total. The van der Waals surface area contributed by atoms with Gasteiger partial charge in [0, 0.05) is 0 Å². The quantitative estimate of drug-likeness (QED) is 0.618. The van der Waals surface area contributed by atoms with Crippen LogP contribution in [0, 0.1) is 5.92 Å². The van der Waals surface area contributed by atoms with Gasteiger partial charge in [-0.05, 0) is 19.3 Å². The van der Waals surface area contributed by atoms with Crippen LogP contribution in [0.3, 0.4) is 0 Å². The first kappa shape index (κ1) is 13.1. The van der Waals surface area contributed by atoms with Crippen molar-refractivity contribution in [3.63, 3.8) is 0 Å². The van der Waals surface area contributed by atoms with E-state index < -0.39 is 11.6 Å². The van der Waals surface area contributed by atoms with Gasteiger partial charge in [0.1, 0.15) is 5.60 Å². The Bertz CT molecular complexity index is 285. The van der Waals surface area contributed by atoms with Gasteiger partial charge in [0.2, 0.25) is 5.91 Å². The standard InChI is InChI=1S/C11H20N2O3/c1-7(2)4-8(13-9(14)5-12)10(15)11(3)6-16-11/h7-8H,4-6,12H2,1-3H3,(H,13,14). The van der Waals surface area contributed by atoms with Crippen LogP contribution in [-0.4, -0.2) is 36.5 Å². The number of Topliss-reactive ketones (excluding diaryl/α,β-unsaturated/α-hetero) is 1. The summed E-state index contributed by atoms with van der Waals surface area (Å²) in [6.07, 6.45) is 0.615. The highest BCUT2D eigenvalue weighted by atomic mass is 16.6. The predicted molar refractivity (Wildman–Crippen MR) is 59.8 cm³/mol. The Labute approximate surface area is 95.7 Å². The van der Waals surface area contributed by atoms with Gasteiger partial charge in [0.15, 0.2) is 5.78 Å². The average molecular weight is 228 g/mol. The topological polar surface area (TPSA) is 84.7 Å². The number of carbonyl (C=O) groups excluding carboxylic acids is 2. The van der Waals surface area contributed by atoms with Crippen LogP contribution in [0.25, 0.3) is 0 Å². The van der Waals surface area contributed by atoms with Gasteiger partial charge in [-0.2, -0.15) is 0 Å². The first-order chi connectivity index (χ1) is 7.39. The zero-order chi connectivity index (χ0) is 12.3. The van der Waals surface area contributed by atoms with Crippen molar-refractivity contribution in [1.29, 1.82) is 0 Å². The Morgan fingerprint density at radius 3 is 2.44 bits per heavy atom. The van der Waals surface area contributed by atoms with Crippen molar-refractivity contribution in [2.75, 3.05) is 13.2 Å². The minimum atomic E-state index is -0.693. The molecule has 0 bridgehead atoms. The third-order valence-corrected chi connectivity index (χ3v) is 2.64. The minimum absolute atomic E-state index is 0.0528. The number of rotatable bonds is 6. The van der Waals surface area contributed by atoms with Crippen LogP contribution in [0.1, 0.15) is 27.2 Å². The molecule has 3 N–H and O–H groups in total. The molecule has 5 heteroatoms. The summed E-state index contributed by atoms with van der Waals surface area (Å²) >= 11 is 0. The maximum atomic E-state index is 12.0. The van der Waals surface area contributed by atoms with Crippen LogP contribution in [0.5, 0.6) is 0 Å². The average Bonchev–Trinajstić information content (AvgIpc) is 2.94. The van der Waals surface area contributed by atoms with Gasteiger partial charge in [0.25, 0.3) is 0 Å². The Hall–Kier alpha value is -0.940. The van der Waals surface area contributed by atoms with E-state index in [4.69, 9.17) is 10.5 Å². The van der Waals surface area contributed by atoms with Crippen molar-refractivity contribution in [3.05, 3.63) is 0 Å². The fraction of sp³-hybridized carbons (Fsp3) is 0.818. The molecule has 1 rings (SSSR count). The van der Waals surface area contributed by atoms with E-state index in [2.05, 4.69) is 5.32 Å². The molecule has 0 spiro atoms. The smallest absolute Gasteiger partial charge is 0.234 e. The van der Waals surface area contributed by atoms with E-state index in [9.17, 15) is 9.59 Å². The van der Waals surface area contributed by atoms with Crippen LogP contribution >= 0.6 is 0 Å². The van der Waals surface area contributed by atoms with Crippen molar-refractivity contribution in [2.24, 2.45) is 11.7 Å². The summed E-state index contributed by atoms with van der Waals surface area (Å²) in [5.41, 5.74) is 4.53. The zero-order valence-electron chi connectivity index (χ0n) is 10.1. The van der Waals surface area contributed by atoms with E-state index >= 15 is 0 Å². The van der Waals surface area contributed by atoms with Crippen LogP contribution in [-0.2, 0) is 14.3 Å². The Morgan fingerprint density at radius 2 is 2.06 bits per heavy atom. The van der Waals surface area contributed by atoms with Crippen molar-refractivity contribution in [1.82, 2.24) is 5.32 Å². The highest BCUT2D eigenvalue weighted by molar-refractivity contribution is 5.96. The Morgan fingerprint density at radius 1 is 1.50 bits per heavy atom. The van der Waals surface area contributed by atoms with Crippen molar-refractivity contribution in [3.8, 4) is 0 Å². The van der Waals surface area contributed by atoms with Crippen molar-refractivity contribution in [2.45, 2.75) is 38.8 Å². The molecule has 1 amide bonds. The molecular formula is C11H20N2O3. The first-order valence-corrected chi connectivity index (χ1v) is 5.56. The molecule has 1 saturated heterocycles. The summed E-state index contributed by atoms with van der Waals surface area (Å²) in [5.74, 6) is -0.0272. The van der Waals surface area contributed by atoms with Gasteiger partial charge < -0.3 is 15.8 Å². The molecule has 1 heterocycles. The largest absolute Gasteiger partial charge is 0.361 e. The number of nitrogens with two attached hydrogens (primary N) is 1. The van der Waals surface area contributed by atoms with E-state index in [1.54, 1.807) is 6.92 Å². The summed E-state index contributed by atoms with van der Waals surface area (Å²) in [6.45, 7) is 6.10. The van der Waals surface area contributed by atoms with E-state index in [1.807, 2.05) is 13.8 Å². The van der Waals surface area contributed by atoms with Gasteiger partial charge >= 0.3 is 0 Å². The number of epoxide rings is 1. The monoisotopic (exact) mass is 228 g/mol. The molecule has 16 heavy (non-hydrogen) atoms. The number of hydrogen-bond donors (Lipinski definition) is 2. The third-order valence-electron chi connectivity index (χ3n) is 2.64. The number of ether oxygens (including phenoxy) is 1. The lowest BCUT2D eigenvalue weighted by Crippen LogP contribution is -2.48. The van der Waals surface area contributed by atoms with Gasteiger partial charge in [0.05, 0.1) is 19.2 Å². The molecule has 0 aromatic carbocycles. The maximum absolute atomic E-state index is 12.0. The first-order valence-electron chi connectivity index (χ1n) is 5.56. The zero-order valence-corrected chi connectivity index (χ0v) is 10.1. The number of ketones is 1. The van der Waals surface area contributed by atoms with E-state index in [1.165, 1.54) is 0 Å². The Kier molecular flexibility index (Phi) is 4.04. The maximum Gasteiger partial charge on any atom is 0.234 e. The SMILES string of the molecule is CC(C)CC(NC(=O)CN)C(=O)C1(C)CO1. The van der Waals surface area contributed by atoms with Crippen LogP contribution < -0.4 is 11.1 Å². The molecule has 2 atom stereocenters. The Balaban J connectivity index is 2.63. The van der Waals surface area contributed by atoms with Crippen molar-refractivity contribution >= 4 is 11.7 Å². The molecule has 0 aromatic rings. The summed E-state index contributed by atoms with van der Waals surface area (Å²) < 4.78 is 5.10. The summed E-state index contributed by atoms with van der Waals surface area (Å²) in [5, 5.41) is 2.65. The molecule has 2 unspecified atom stereocenters. The third kappa shape index (κ3) is 3.28. The van der Waals surface area contributed by atoms with Gasteiger partial charge in [-0.15, -0.1) is 0 Å². The molecule has 0 radical (unpaired) electrons. The normalized spacial score (nSPS) is 25.3. The fourth-order valence-corrected chi connectivity index (χ4v) is 1.58. The number of amides is 1.